The lowest BCUT2D eigenvalue weighted by atomic mass is 10.0. The molecular weight excluding hydrogens is 188 g/mol. The summed E-state index contributed by atoms with van der Waals surface area (Å²) in [7, 11) is 0. The summed E-state index contributed by atoms with van der Waals surface area (Å²) in [4.78, 5) is 10.6. The number of carboxylic acid groups (broad SMARTS) is 1. The first-order valence-electron chi connectivity index (χ1n) is 3.94. The molecule has 0 fully saturated rings. The van der Waals surface area contributed by atoms with Crippen molar-refractivity contribution in [3.05, 3.63) is 35.4 Å². The third kappa shape index (κ3) is 3.07. The van der Waals surface area contributed by atoms with Gasteiger partial charge in [0.2, 0.25) is 0 Å². The van der Waals surface area contributed by atoms with Crippen LogP contribution in [0.4, 0.5) is 0 Å². The second-order valence-corrected chi connectivity index (χ2v) is 3.09. The first-order chi connectivity index (χ1) is 5.61. The number of hydrogen-bond donors (Lipinski definition) is 1. The molecule has 0 heterocycles. The van der Waals surface area contributed by atoms with Gasteiger partial charge in [-0.15, -0.1) is 12.4 Å². The fourth-order valence-corrected chi connectivity index (χ4v) is 1.03. The van der Waals surface area contributed by atoms with Crippen LogP contribution in [0.5, 0.6) is 0 Å². The van der Waals surface area contributed by atoms with Crippen molar-refractivity contribution >= 4 is 18.4 Å². The zero-order valence-corrected chi connectivity index (χ0v) is 8.47. The molecule has 0 radical (unpaired) electrons. The van der Waals surface area contributed by atoms with E-state index in [0.29, 0.717) is 11.5 Å². The molecule has 0 bridgehead atoms. The van der Waals surface area contributed by atoms with E-state index >= 15 is 0 Å². The fraction of sp³-hybridized carbons (Fsp3) is 0.300. The summed E-state index contributed by atoms with van der Waals surface area (Å²) in [5.74, 6) is -0.484. The lowest BCUT2D eigenvalue weighted by Crippen LogP contribution is -1.97. The van der Waals surface area contributed by atoms with Gasteiger partial charge in [-0.3, -0.25) is 0 Å². The number of carbonyl (C=O) groups is 1. The highest BCUT2D eigenvalue weighted by Gasteiger charge is 2.04. The third-order valence-corrected chi connectivity index (χ3v) is 1.80. The van der Waals surface area contributed by atoms with Gasteiger partial charge in [-0.05, 0) is 23.6 Å². The van der Waals surface area contributed by atoms with Gasteiger partial charge in [-0.2, -0.15) is 0 Å². The van der Waals surface area contributed by atoms with Gasteiger partial charge in [0.05, 0.1) is 5.56 Å². The Morgan fingerprint density at radius 3 is 2.46 bits per heavy atom. The minimum Gasteiger partial charge on any atom is -0.478 e. The van der Waals surface area contributed by atoms with Crippen molar-refractivity contribution in [3.63, 3.8) is 0 Å². The summed E-state index contributed by atoms with van der Waals surface area (Å²) >= 11 is 0. The number of aromatic carboxylic acids is 1. The lowest BCUT2D eigenvalue weighted by molar-refractivity contribution is 0.0697. The largest absolute Gasteiger partial charge is 0.478 e. The molecule has 2 nitrogen and oxygen atoms in total. The molecule has 0 aliphatic heterocycles. The molecule has 3 heteroatoms. The molecule has 1 aromatic rings. The highest BCUT2D eigenvalue weighted by molar-refractivity contribution is 5.87. The van der Waals surface area contributed by atoms with Crippen LogP contribution in [0, 0.1) is 0 Å². The Labute approximate surface area is 84.0 Å². The van der Waals surface area contributed by atoms with Crippen LogP contribution in [0.15, 0.2) is 24.3 Å². The van der Waals surface area contributed by atoms with Crippen LogP contribution < -0.4 is 0 Å². The molecule has 0 spiro atoms. The highest BCUT2D eigenvalue weighted by Crippen LogP contribution is 2.15. The first kappa shape index (κ1) is 12.0. The zero-order chi connectivity index (χ0) is 9.14. The van der Waals surface area contributed by atoms with Crippen LogP contribution in [-0.2, 0) is 0 Å². The lowest BCUT2D eigenvalue weighted by Gasteiger charge is -2.04. The topological polar surface area (TPSA) is 37.3 Å². The van der Waals surface area contributed by atoms with Gasteiger partial charge in [-0.25, -0.2) is 4.79 Å². The molecule has 0 saturated heterocycles. The maximum atomic E-state index is 10.6. The molecule has 0 aliphatic rings. The first-order valence-corrected chi connectivity index (χ1v) is 3.94. The Kier molecular flexibility index (Phi) is 4.49. The second-order valence-electron chi connectivity index (χ2n) is 3.09. The molecule has 0 atom stereocenters. The number of hydrogen-bond acceptors (Lipinski definition) is 1. The van der Waals surface area contributed by atoms with E-state index in [2.05, 4.69) is 0 Å². The molecule has 0 aromatic heterocycles. The number of rotatable bonds is 2. The molecule has 1 aromatic carbocycles. The van der Waals surface area contributed by atoms with Crippen LogP contribution in [0.2, 0.25) is 0 Å². The predicted octanol–water partition coefficient (Wildman–Crippen LogP) is 2.93. The van der Waals surface area contributed by atoms with Crippen LogP contribution in [0.3, 0.4) is 0 Å². The predicted molar refractivity (Wildman–Crippen MR) is 54.7 cm³/mol. The Balaban J connectivity index is 0.00000144. The van der Waals surface area contributed by atoms with Crippen molar-refractivity contribution in [2.45, 2.75) is 19.8 Å². The third-order valence-electron chi connectivity index (χ3n) is 1.80. The van der Waals surface area contributed by atoms with Crippen molar-refractivity contribution in [2.75, 3.05) is 0 Å². The fourth-order valence-electron chi connectivity index (χ4n) is 1.03. The van der Waals surface area contributed by atoms with Gasteiger partial charge in [-0.1, -0.05) is 26.0 Å². The molecule has 0 unspecified atom stereocenters. The van der Waals surface area contributed by atoms with Gasteiger partial charge in [0.25, 0.3) is 0 Å². The zero-order valence-electron chi connectivity index (χ0n) is 7.65. The van der Waals surface area contributed by atoms with Crippen LogP contribution >= 0.6 is 12.4 Å². The number of benzene rings is 1. The summed E-state index contributed by atoms with van der Waals surface area (Å²) in [6, 6.07) is 7.04. The molecule has 0 aliphatic carbocycles. The SMILES string of the molecule is CC(C)c1cccc(C(=O)O)c1.Cl. The van der Waals surface area contributed by atoms with Crippen LogP contribution in [-0.4, -0.2) is 11.1 Å². The van der Waals surface area contributed by atoms with Gasteiger partial charge in [0.15, 0.2) is 0 Å². The van der Waals surface area contributed by atoms with E-state index in [1.807, 2.05) is 19.9 Å². The minimum atomic E-state index is -0.863. The standard InChI is InChI=1S/C10H12O2.ClH/c1-7(2)8-4-3-5-9(6-8)10(11)12;/h3-7H,1-2H3,(H,11,12);1H. The highest BCUT2D eigenvalue weighted by atomic mass is 35.5. The summed E-state index contributed by atoms with van der Waals surface area (Å²) in [6.07, 6.45) is 0. The van der Waals surface area contributed by atoms with Crippen molar-refractivity contribution in [2.24, 2.45) is 0 Å². The van der Waals surface area contributed by atoms with Crippen LogP contribution in [0.1, 0.15) is 35.7 Å². The molecule has 0 saturated carbocycles. The van der Waals surface area contributed by atoms with E-state index < -0.39 is 5.97 Å². The Morgan fingerprint density at radius 1 is 1.38 bits per heavy atom. The minimum absolute atomic E-state index is 0. The quantitative estimate of drug-likeness (QED) is 0.797. The van der Waals surface area contributed by atoms with Gasteiger partial charge in [0.1, 0.15) is 0 Å². The maximum absolute atomic E-state index is 10.6. The van der Waals surface area contributed by atoms with Gasteiger partial charge >= 0.3 is 5.97 Å². The van der Waals surface area contributed by atoms with Gasteiger partial charge < -0.3 is 5.11 Å². The summed E-state index contributed by atoms with van der Waals surface area (Å²) < 4.78 is 0. The molecule has 1 N–H and O–H groups in total. The van der Waals surface area contributed by atoms with E-state index in [0.717, 1.165) is 5.56 Å². The van der Waals surface area contributed by atoms with Gasteiger partial charge in [0, 0.05) is 0 Å². The Hall–Kier alpha value is -1.02. The van der Waals surface area contributed by atoms with Crippen molar-refractivity contribution < 1.29 is 9.90 Å². The van der Waals surface area contributed by atoms with Crippen molar-refractivity contribution in [3.8, 4) is 0 Å². The Bertz CT molecular complexity index is 295. The molecule has 0 amide bonds. The average Bonchev–Trinajstić information content (AvgIpc) is 2.04. The van der Waals surface area contributed by atoms with E-state index in [1.165, 1.54) is 0 Å². The summed E-state index contributed by atoms with van der Waals surface area (Å²) in [5, 5.41) is 8.69. The molecule has 1 rings (SSSR count). The number of carboxylic acids is 1. The molecule has 13 heavy (non-hydrogen) atoms. The maximum Gasteiger partial charge on any atom is 0.335 e. The average molecular weight is 201 g/mol. The monoisotopic (exact) mass is 200 g/mol. The summed E-state index contributed by atoms with van der Waals surface area (Å²) in [5.41, 5.74) is 1.43. The van der Waals surface area contributed by atoms with Crippen molar-refractivity contribution in [1.29, 1.82) is 0 Å². The van der Waals surface area contributed by atoms with Crippen LogP contribution in [0.25, 0.3) is 0 Å². The van der Waals surface area contributed by atoms with Crippen molar-refractivity contribution in [1.82, 2.24) is 0 Å². The van der Waals surface area contributed by atoms with E-state index in [-0.39, 0.29) is 12.4 Å². The Morgan fingerprint density at radius 2 is 2.00 bits per heavy atom. The normalized spacial score (nSPS) is 9.46. The van der Waals surface area contributed by atoms with E-state index in [4.69, 9.17) is 5.11 Å². The summed E-state index contributed by atoms with van der Waals surface area (Å²) in [6.45, 7) is 4.09. The molecule has 72 valence electrons. The number of halogens is 1. The van der Waals surface area contributed by atoms with E-state index in [9.17, 15) is 4.79 Å². The van der Waals surface area contributed by atoms with E-state index in [1.54, 1.807) is 18.2 Å². The smallest absolute Gasteiger partial charge is 0.335 e. The second kappa shape index (κ2) is 4.87. The molecular formula is C10H13ClO2.